The summed E-state index contributed by atoms with van der Waals surface area (Å²) in [7, 11) is 0. The van der Waals surface area contributed by atoms with Gasteiger partial charge in [0.1, 0.15) is 5.75 Å². The second-order valence-electron chi connectivity index (χ2n) is 4.31. The maximum absolute atomic E-state index is 5.91. The number of hydrogen-bond acceptors (Lipinski definition) is 3. The Bertz CT molecular complexity index is 535. The molecule has 0 radical (unpaired) electrons. The van der Waals surface area contributed by atoms with Gasteiger partial charge in [0.15, 0.2) is 0 Å². The van der Waals surface area contributed by atoms with Gasteiger partial charge in [-0.15, -0.1) is 0 Å². The minimum atomic E-state index is 0.417. The second kappa shape index (κ2) is 4.09. The Kier molecular flexibility index (Phi) is 2.44. The SMILES string of the molecule is Nc1cnccc1-c1cccc(OC2CC2)c1. The van der Waals surface area contributed by atoms with Crippen LogP contribution in [0.25, 0.3) is 11.1 Å². The van der Waals surface area contributed by atoms with E-state index in [-0.39, 0.29) is 0 Å². The molecular weight excluding hydrogens is 212 g/mol. The fourth-order valence-corrected chi connectivity index (χ4v) is 1.78. The van der Waals surface area contributed by atoms with Crippen LogP contribution in [-0.4, -0.2) is 11.1 Å². The van der Waals surface area contributed by atoms with Gasteiger partial charge in [0.25, 0.3) is 0 Å². The summed E-state index contributed by atoms with van der Waals surface area (Å²) >= 11 is 0. The van der Waals surface area contributed by atoms with Gasteiger partial charge in [-0.1, -0.05) is 12.1 Å². The minimum absolute atomic E-state index is 0.417. The summed E-state index contributed by atoms with van der Waals surface area (Å²) < 4.78 is 5.77. The third kappa shape index (κ3) is 2.23. The van der Waals surface area contributed by atoms with Crippen LogP contribution < -0.4 is 10.5 Å². The van der Waals surface area contributed by atoms with Crippen molar-refractivity contribution in [1.82, 2.24) is 4.98 Å². The number of rotatable bonds is 3. The quantitative estimate of drug-likeness (QED) is 0.875. The highest BCUT2D eigenvalue weighted by Gasteiger charge is 2.23. The summed E-state index contributed by atoms with van der Waals surface area (Å²) in [5.41, 5.74) is 8.68. The van der Waals surface area contributed by atoms with E-state index in [1.807, 2.05) is 30.3 Å². The Labute approximate surface area is 100 Å². The van der Waals surface area contributed by atoms with Crippen LogP contribution in [0.15, 0.2) is 42.7 Å². The number of hydrogen-bond donors (Lipinski definition) is 1. The molecule has 3 heteroatoms. The predicted octanol–water partition coefficient (Wildman–Crippen LogP) is 2.87. The van der Waals surface area contributed by atoms with E-state index in [4.69, 9.17) is 10.5 Å². The smallest absolute Gasteiger partial charge is 0.120 e. The molecule has 0 saturated heterocycles. The molecule has 0 bridgehead atoms. The van der Waals surface area contributed by atoms with E-state index in [2.05, 4.69) is 4.98 Å². The maximum atomic E-state index is 5.91. The average Bonchev–Trinajstić information content (AvgIpc) is 3.14. The lowest BCUT2D eigenvalue weighted by molar-refractivity contribution is 0.303. The number of anilines is 1. The standard InChI is InChI=1S/C14H14N2O/c15-14-9-16-7-6-13(14)10-2-1-3-12(8-10)17-11-4-5-11/h1-3,6-9,11H,4-5,15H2. The van der Waals surface area contributed by atoms with Gasteiger partial charge < -0.3 is 10.5 Å². The van der Waals surface area contributed by atoms with Crippen LogP contribution in [0.2, 0.25) is 0 Å². The number of nitrogens with two attached hydrogens (primary N) is 1. The van der Waals surface area contributed by atoms with Crippen LogP contribution in [-0.2, 0) is 0 Å². The Balaban J connectivity index is 1.94. The fraction of sp³-hybridized carbons (Fsp3) is 0.214. The molecule has 1 aromatic heterocycles. The van der Waals surface area contributed by atoms with Crippen molar-refractivity contribution in [2.75, 3.05) is 5.73 Å². The van der Waals surface area contributed by atoms with Crippen molar-refractivity contribution in [3.63, 3.8) is 0 Å². The lowest BCUT2D eigenvalue weighted by Crippen LogP contribution is -1.96. The monoisotopic (exact) mass is 226 g/mol. The summed E-state index contributed by atoms with van der Waals surface area (Å²) in [5.74, 6) is 0.918. The van der Waals surface area contributed by atoms with Crippen LogP contribution in [0.4, 0.5) is 5.69 Å². The van der Waals surface area contributed by atoms with E-state index in [9.17, 15) is 0 Å². The number of nitrogens with zero attached hydrogens (tertiary/aromatic N) is 1. The Morgan fingerprint density at radius 2 is 2.12 bits per heavy atom. The highest BCUT2D eigenvalue weighted by atomic mass is 16.5. The van der Waals surface area contributed by atoms with Crippen LogP contribution >= 0.6 is 0 Å². The lowest BCUT2D eigenvalue weighted by atomic mass is 10.1. The molecule has 3 rings (SSSR count). The normalized spacial score (nSPS) is 14.6. The zero-order valence-electron chi connectivity index (χ0n) is 9.47. The molecule has 0 aliphatic heterocycles. The summed E-state index contributed by atoms with van der Waals surface area (Å²) in [5, 5.41) is 0. The molecule has 0 spiro atoms. The number of benzene rings is 1. The molecule has 3 nitrogen and oxygen atoms in total. The van der Waals surface area contributed by atoms with E-state index in [0.717, 1.165) is 16.9 Å². The third-order valence-electron chi connectivity index (χ3n) is 2.82. The van der Waals surface area contributed by atoms with Gasteiger partial charge in [-0.3, -0.25) is 4.98 Å². The summed E-state index contributed by atoms with van der Waals surface area (Å²) in [6.45, 7) is 0. The van der Waals surface area contributed by atoms with Crippen molar-refractivity contribution in [1.29, 1.82) is 0 Å². The molecular formula is C14H14N2O. The molecule has 1 fully saturated rings. The van der Waals surface area contributed by atoms with Gasteiger partial charge in [0, 0.05) is 11.8 Å². The molecule has 2 N–H and O–H groups in total. The van der Waals surface area contributed by atoms with E-state index in [1.54, 1.807) is 12.4 Å². The zero-order chi connectivity index (χ0) is 11.7. The largest absolute Gasteiger partial charge is 0.490 e. The van der Waals surface area contributed by atoms with Crippen molar-refractivity contribution in [3.8, 4) is 16.9 Å². The lowest BCUT2D eigenvalue weighted by Gasteiger charge is -2.08. The summed E-state index contributed by atoms with van der Waals surface area (Å²) in [6.07, 6.45) is 6.17. The van der Waals surface area contributed by atoms with Crippen molar-refractivity contribution in [2.24, 2.45) is 0 Å². The number of nitrogen functional groups attached to an aromatic ring is 1. The molecule has 0 amide bonds. The number of pyridine rings is 1. The zero-order valence-corrected chi connectivity index (χ0v) is 9.47. The van der Waals surface area contributed by atoms with E-state index in [0.29, 0.717) is 11.8 Å². The van der Waals surface area contributed by atoms with E-state index < -0.39 is 0 Å². The first-order valence-corrected chi connectivity index (χ1v) is 5.79. The Morgan fingerprint density at radius 3 is 2.88 bits per heavy atom. The second-order valence-corrected chi connectivity index (χ2v) is 4.31. The molecule has 2 aromatic rings. The van der Waals surface area contributed by atoms with E-state index >= 15 is 0 Å². The van der Waals surface area contributed by atoms with Crippen molar-refractivity contribution >= 4 is 5.69 Å². The molecule has 17 heavy (non-hydrogen) atoms. The van der Waals surface area contributed by atoms with Crippen LogP contribution in [0, 0.1) is 0 Å². The van der Waals surface area contributed by atoms with E-state index in [1.165, 1.54) is 12.8 Å². The van der Waals surface area contributed by atoms with Gasteiger partial charge in [0.2, 0.25) is 0 Å². The first-order chi connectivity index (χ1) is 8.33. The van der Waals surface area contributed by atoms with Crippen molar-refractivity contribution < 1.29 is 4.74 Å². The van der Waals surface area contributed by atoms with Crippen LogP contribution in [0.3, 0.4) is 0 Å². The molecule has 1 heterocycles. The summed E-state index contributed by atoms with van der Waals surface area (Å²) in [4.78, 5) is 3.99. The van der Waals surface area contributed by atoms with Gasteiger partial charge in [-0.25, -0.2) is 0 Å². The molecule has 0 unspecified atom stereocenters. The van der Waals surface area contributed by atoms with Gasteiger partial charge in [0.05, 0.1) is 18.0 Å². The van der Waals surface area contributed by atoms with Gasteiger partial charge in [-0.2, -0.15) is 0 Å². The van der Waals surface area contributed by atoms with Crippen molar-refractivity contribution in [3.05, 3.63) is 42.7 Å². The molecule has 86 valence electrons. The molecule has 1 saturated carbocycles. The molecule has 1 aliphatic rings. The average molecular weight is 226 g/mol. The van der Waals surface area contributed by atoms with Gasteiger partial charge in [-0.05, 0) is 36.6 Å². The fourth-order valence-electron chi connectivity index (χ4n) is 1.78. The summed E-state index contributed by atoms with van der Waals surface area (Å²) in [6, 6.07) is 9.97. The minimum Gasteiger partial charge on any atom is -0.490 e. The maximum Gasteiger partial charge on any atom is 0.120 e. The Morgan fingerprint density at radius 1 is 1.24 bits per heavy atom. The van der Waals surface area contributed by atoms with Crippen molar-refractivity contribution in [2.45, 2.75) is 18.9 Å². The molecule has 1 aromatic carbocycles. The molecule has 0 atom stereocenters. The van der Waals surface area contributed by atoms with Gasteiger partial charge >= 0.3 is 0 Å². The van der Waals surface area contributed by atoms with Crippen LogP contribution in [0.5, 0.6) is 5.75 Å². The predicted molar refractivity (Wildman–Crippen MR) is 67.7 cm³/mol. The number of ether oxygens (including phenoxy) is 1. The molecule has 1 aliphatic carbocycles. The first-order valence-electron chi connectivity index (χ1n) is 5.79. The Hall–Kier alpha value is -2.03. The topological polar surface area (TPSA) is 48.1 Å². The highest BCUT2D eigenvalue weighted by molar-refractivity contribution is 5.76. The number of aromatic nitrogens is 1. The third-order valence-corrected chi connectivity index (χ3v) is 2.82. The first kappa shape index (κ1) is 10.1. The highest BCUT2D eigenvalue weighted by Crippen LogP contribution is 2.31. The van der Waals surface area contributed by atoms with Crippen LogP contribution in [0.1, 0.15) is 12.8 Å².